The molecule has 0 fully saturated rings. The van der Waals surface area contributed by atoms with E-state index >= 15 is 0 Å². The van der Waals surface area contributed by atoms with E-state index < -0.39 is 0 Å². The zero-order chi connectivity index (χ0) is 10.1. The van der Waals surface area contributed by atoms with Crippen LogP contribution >= 0.6 is 0 Å². The average Bonchev–Trinajstić information content (AvgIpc) is 2.58. The summed E-state index contributed by atoms with van der Waals surface area (Å²) < 4.78 is 0. The van der Waals surface area contributed by atoms with Crippen molar-refractivity contribution in [1.82, 2.24) is 0 Å². The van der Waals surface area contributed by atoms with Crippen LogP contribution in [0.5, 0.6) is 0 Å². The molecule has 0 aromatic carbocycles. The molecule has 0 spiro atoms. The zero-order valence-corrected chi connectivity index (χ0v) is 8.51. The van der Waals surface area contributed by atoms with Crippen LogP contribution in [0.25, 0.3) is 0 Å². The van der Waals surface area contributed by atoms with E-state index in [4.69, 9.17) is 11.8 Å². The van der Waals surface area contributed by atoms with E-state index in [1.54, 1.807) is 0 Å². The molecule has 1 aliphatic heterocycles. The molecule has 0 amide bonds. The molecule has 72 valence electrons. The van der Waals surface area contributed by atoms with Crippen LogP contribution in [-0.4, -0.2) is 6.54 Å². The standard InChI is InChI=1S/C10H17N.CN/c1-3-5-10-6-8-11(9-10)7-4-2;1-2/h6,8-9H,3-5,7H2,1-2H3;/q;-1/p+1. The molecular weight excluding hydrogens is 160 g/mol. The van der Waals surface area contributed by atoms with Crippen LogP contribution in [0.4, 0.5) is 0 Å². The molecule has 13 heavy (non-hydrogen) atoms. The molecule has 1 aliphatic rings. The van der Waals surface area contributed by atoms with Gasteiger partial charge in [0.15, 0.2) is 0 Å². The molecule has 0 radical (unpaired) electrons. The third-order valence-electron chi connectivity index (χ3n) is 1.96. The van der Waals surface area contributed by atoms with E-state index in [0.717, 1.165) is 0 Å². The Bertz CT molecular complexity index is 201. The van der Waals surface area contributed by atoms with Gasteiger partial charge in [0.25, 0.3) is 0 Å². The van der Waals surface area contributed by atoms with E-state index in [1.807, 2.05) is 0 Å². The van der Waals surface area contributed by atoms with Gasteiger partial charge in [-0.2, -0.15) is 0 Å². The lowest BCUT2D eigenvalue weighted by Crippen LogP contribution is -3.01. The maximum absolute atomic E-state index is 6.25. The summed E-state index contributed by atoms with van der Waals surface area (Å²) in [6.45, 7) is 10.4. The number of quaternary nitrogens is 1. The Labute approximate surface area is 81.2 Å². The van der Waals surface area contributed by atoms with Gasteiger partial charge in [0.1, 0.15) is 6.20 Å². The fraction of sp³-hybridized carbons (Fsp3) is 0.545. The van der Waals surface area contributed by atoms with Gasteiger partial charge >= 0.3 is 0 Å². The molecule has 2 heteroatoms. The first-order valence-electron chi connectivity index (χ1n) is 4.83. The third kappa shape index (κ3) is 4.49. The second kappa shape index (κ2) is 7.57. The largest absolute Gasteiger partial charge is 0.512 e. The first-order valence-corrected chi connectivity index (χ1v) is 4.83. The minimum atomic E-state index is 1.24. The third-order valence-corrected chi connectivity index (χ3v) is 1.96. The van der Waals surface area contributed by atoms with Crippen molar-refractivity contribution in [2.75, 3.05) is 6.54 Å². The lowest BCUT2D eigenvalue weighted by molar-refractivity contribution is -0.787. The van der Waals surface area contributed by atoms with Crippen LogP contribution in [-0.2, 0) is 0 Å². The first kappa shape index (κ1) is 11.9. The lowest BCUT2D eigenvalue weighted by Gasteiger charge is -2.02. The maximum atomic E-state index is 6.25. The predicted octanol–water partition coefficient (Wildman–Crippen LogP) is 1.59. The monoisotopic (exact) mass is 178 g/mol. The van der Waals surface area contributed by atoms with Crippen molar-refractivity contribution >= 4 is 0 Å². The summed E-state index contributed by atoms with van der Waals surface area (Å²) in [4.78, 5) is 1.51. The summed E-state index contributed by atoms with van der Waals surface area (Å²) in [5.74, 6) is 0. The van der Waals surface area contributed by atoms with Crippen molar-refractivity contribution in [3.8, 4) is 0 Å². The Morgan fingerprint density at radius 2 is 2.00 bits per heavy atom. The molecule has 1 N–H and O–H groups in total. The number of allylic oxidation sites excluding steroid dienone is 2. The number of nitrogens with one attached hydrogen (secondary N) is 1. The molecule has 0 saturated heterocycles. The highest BCUT2D eigenvalue weighted by Gasteiger charge is 2.08. The van der Waals surface area contributed by atoms with E-state index in [-0.39, 0.29) is 0 Å². The maximum Gasteiger partial charge on any atom is 0.102 e. The Hall–Kier alpha value is -1.07. The minimum absolute atomic E-state index is 1.24. The van der Waals surface area contributed by atoms with Gasteiger partial charge in [0, 0.05) is 11.6 Å². The molecule has 0 bridgehead atoms. The molecule has 1 atom stereocenters. The Kier molecular flexibility index (Phi) is 6.95. The van der Waals surface area contributed by atoms with Gasteiger partial charge in [-0.1, -0.05) is 20.3 Å². The molecule has 0 aliphatic carbocycles. The second-order valence-corrected chi connectivity index (χ2v) is 3.13. The van der Waals surface area contributed by atoms with Crippen LogP contribution in [0.1, 0.15) is 33.1 Å². The van der Waals surface area contributed by atoms with Crippen LogP contribution in [0.3, 0.4) is 0 Å². The smallest absolute Gasteiger partial charge is 0.102 e. The molecule has 1 rings (SSSR count). The topological polar surface area (TPSA) is 28.2 Å². The minimum Gasteiger partial charge on any atom is -0.512 e. The Balaban J connectivity index is 0.000000671. The van der Waals surface area contributed by atoms with Gasteiger partial charge < -0.3 is 11.8 Å². The summed E-state index contributed by atoms with van der Waals surface area (Å²) in [6.07, 6.45) is 10.6. The van der Waals surface area contributed by atoms with Gasteiger partial charge in [-0.05, 0) is 12.8 Å². The second-order valence-electron chi connectivity index (χ2n) is 3.13. The van der Waals surface area contributed by atoms with Gasteiger partial charge in [-0.25, -0.2) is 0 Å². The van der Waals surface area contributed by atoms with Gasteiger partial charge in [0.2, 0.25) is 0 Å². The predicted molar refractivity (Wildman–Crippen MR) is 53.2 cm³/mol. The van der Waals surface area contributed by atoms with Crippen molar-refractivity contribution < 1.29 is 4.90 Å². The fourth-order valence-corrected chi connectivity index (χ4v) is 1.44. The number of nitrogens with zero attached hydrogens (tertiary/aromatic N) is 1. The van der Waals surface area contributed by atoms with E-state index in [0.29, 0.717) is 0 Å². The molecule has 0 saturated carbocycles. The van der Waals surface area contributed by atoms with Crippen molar-refractivity contribution in [3.05, 3.63) is 30.6 Å². The van der Waals surface area contributed by atoms with Crippen LogP contribution in [0.15, 0.2) is 24.0 Å². The number of rotatable bonds is 4. The van der Waals surface area contributed by atoms with E-state index in [1.165, 1.54) is 36.3 Å². The Morgan fingerprint density at radius 1 is 1.31 bits per heavy atom. The van der Waals surface area contributed by atoms with Gasteiger partial charge in [-0.3, -0.25) is 4.90 Å². The molecule has 0 aromatic heterocycles. The van der Waals surface area contributed by atoms with E-state index in [2.05, 4.69) is 32.3 Å². The SMILES string of the molecule is CCCC1=C[NH+](CCC)C=C1.[C-]#N. The molecule has 0 aromatic rings. The van der Waals surface area contributed by atoms with Gasteiger partial charge in [-0.15, -0.1) is 0 Å². The van der Waals surface area contributed by atoms with E-state index in [9.17, 15) is 0 Å². The highest BCUT2D eigenvalue weighted by Crippen LogP contribution is 2.05. The highest BCUT2D eigenvalue weighted by molar-refractivity contribution is 5.17. The number of hydrogen-bond donors (Lipinski definition) is 1. The molecular formula is C11H18N2. The Morgan fingerprint density at radius 3 is 2.54 bits per heavy atom. The first-order chi connectivity index (χ1) is 6.36. The van der Waals surface area contributed by atoms with Crippen LogP contribution in [0.2, 0.25) is 0 Å². The van der Waals surface area contributed by atoms with Crippen LogP contribution in [0, 0.1) is 11.8 Å². The van der Waals surface area contributed by atoms with Crippen molar-refractivity contribution in [2.45, 2.75) is 33.1 Å². The fourth-order valence-electron chi connectivity index (χ4n) is 1.44. The lowest BCUT2D eigenvalue weighted by atomic mass is 10.2. The summed E-state index contributed by atoms with van der Waals surface area (Å²) in [5, 5.41) is 6.25. The summed E-state index contributed by atoms with van der Waals surface area (Å²) >= 11 is 0. The normalized spacial score (nSPS) is 19.1. The highest BCUT2D eigenvalue weighted by atomic mass is 15.1. The average molecular weight is 178 g/mol. The number of hydrogen-bond acceptors (Lipinski definition) is 1. The quantitative estimate of drug-likeness (QED) is 0.651. The summed E-state index contributed by atoms with van der Waals surface area (Å²) in [5.41, 5.74) is 1.51. The summed E-state index contributed by atoms with van der Waals surface area (Å²) in [7, 11) is 0. The molecule has 1 unspecified atom stereocenters. The van der Waals surface area contributed by atoms with Gasteiger partial charge in [0.05, 0.1) is 12.7 Å². The van der Waals surface area contributed by atoms with Crippen molar-refractivity contribution in [1.29, 1.82) is 5.26 Å². The molecule has 2 nitrogen and oxygen atoms in total. The zero-order valence-electron chi connectivity index (χ0n) is 8.51. The van der Waals surface area contributed by atoms with Crippen LogP contribution < -0.4 is 4.90 Å². The molecule has 1 heterocycles. The van der Waals surface area contributed by atoms with Crippen molar-refractivity contribution in [3.63, 3.8) is 0 Å². The van der Waals surface area contributed by atoms with Crippen molar-refractivity contribution in [2.24, 2.45) is 0 Å². The summed E-state index contributed by atoms with van der Waals surface area (Å²) in [6, 6.07) is 0.